The summed E-state index contributed by atoms with van der Waals surface area (Å²) in [5.41, 5.74) is 7.36. The fourth-order valence-electron chi connectivity index (χ4n) is 2.43. The van der Waals surface area contributed by atoms with Gasteiger partial charge in [0, 0.05) is 19.2 Å². The smallest absolute Gasteiger partial charge is 0.251 e. The van der Waals surface area contributed by atoms with Crippen LogP contribution in [0.25, 0.3) is 0 Å². The lowest BCUT2D eigenvalue weighted by atomic mass is 10.1. The van der Waals surface area contributed by atoms with E-state index in [0.717, 1.165) is 24.0 Å². The van der Waals surface area contributed by atoms with Gasteiger partial charge in [-0.3, -0.25) is 4.79 Å². The molecule has 0 spiro atoms. The zero-order valence-corrected chi connectivity index (χ0v) is 12.6. The maximum absolute atomic E-state index is 12.3. The van der Waals surface area contributed by atoms with Gasteiger partial charge in [0.2, 0.25) is 0 Å². The molecule has 1 heterocycles. The van der Waals surface area contributed by atoms with Gasteiger partial charge < -0.3 is 15.4 Å². The van der Waals surface area contributed by atoms with Crippen molar-refractivity contribution in [2.75, 3.05) is 13.6 Å². The maximum atomic E-state index is 12.3. The average Bonchev–Trinajstić information content (AvgIpc) is 2.92. The van der Waals surface area contributed by atoms with E-state index in [-0.39, 0.29) is 18.1 Å². The summed E-state index contributed by atoms with van der Waals surface area (Å²) >= 11 is 0. The first kappa shape index (κ1) is 15.6. The van der Waals surface area contributed by atoms with Crippen molar-refractivity contribution < 1.29 is 9.53 Å². The molecule has 2 unspecified atom stereocenters. The molecule has 0 aromatic heterocycles. The molecule has 1 saturated heterocycles. The lowest BCUT2D eigenvalue weighted by Gasteiger charge is -2.21. The summed E-state index contributed by atoms with van der Waals surface area (Å²) in [6.45, 7) is 2.95. The van der Waals surface area contributed by atoms with Gasteiger partial charge in [-0.1, -0.05) is 24.0 Å². The van der Waals surface area contributed by atoms with Gasteiger partial charge in [0.05, 0.1) is 12.6 Å². The molecule has 112 valence electrons. The summed E-state index contributed by atoms with van der Waals surface area (Å²) in [6, 6.07) is 7.87. The Kier molecular flexibility index (Phi) is 5.38. The van der Waals surface area contributed by atoms with Crippen LogP contribution >= 0.6 is 0 Å². The molecule has 4 nitrogen and oxygen atoms in total. The maximum Gasteiger partial charge on any atom is 0.251 e. The van der Waals surface area contributed by atoms with Crippen molar-refractivity contribution in [3.05, 3.63) is 35.4 Å². The summed E-state index contributed by atoms with van der Waals surface area (Å²) in [5, 5.41) is 0. The minimum Gasteiger partial charge on any atom is -0.365 e. The molecule has 1 aliphatic rings. The zero-order chi connectivity index (χ0) is 15.2. The van der Waals surface area contributed by atoms with Crippen molar-refractivity contribution in [2.24, 2.45) is 5.73 Å². The van der Waals surface area contributed by atoms with E-state index in [2.05, 4.69) is 11.8 Å². The number of carbonyl (C=O) groups excluding carboxylic acids is 1. The van der Waals surface area contributed by atoms with Crippen LogP contribution in [0.3, 0.4) is 0 Å². The summed E-state index contributed by atoms with van der Waals surface area (Å²) in [5.74, 6) is 5.86. The molecule has 1 amide bonds. The van der Waals surface area contributed by atoms with Crippen LogP contribution in [0.1, 0.15) is 30.9 Å². The van der Waals surface area contributed by atoms with Crippen LogP contribution in [0.15, 0.2) is 24.3 Å². The van der Waals surface area contributed by atoms with Crippen molar-refractivity contribution >= 4 is 5.91 Å². The van der Waals surface area contributed by atoms with Crippen molar-refractivity contribution in [1.29, 1.82) is 0 Å². The fraction of sp³-hybridized carbons (Fsp3) is 0.471. The Morgan fingerprint density at radius 1 is 1.38 bits per heavy atom. The molecule has 2 rings (SSSR count). The van der Waals surface area contributed by atoms with Gasteiger partial charge in [0.1, 0.15) is 6.10 Å². The van der Waals surface area contributed by atoms with E-state index in [0.29, 0.717) is 13.1 Å². The van der Waals surface area contributed by atoms with Gasteiger partial charge >= 0.3 is 0 Å². The number of rotatable bonds is 3. The summed E-state index contributed by atoms with van der Waals surface area (Å²) in [7, 11) is 1.82. The molecule has 4 heteroatoms. The minimum absolute atomic E-state index is 0.0614. The van der Waals surface area contributed by atoms with Gasteiger partial charge in [-0.05, 0) is 37.5 Å². The first-order valence-electron chi connectivity index (χ1n) is 7.28. The number of nitrogens with two attached hydrogens (primary N) is 1. The highest BCUT2D eigenvalue weighted by molar-refractivity contribution is 5.80. The van der Waals surface area contributed by atoms with E-state index >= 15 is 0 Å². The third-order valence-electron chi connectivity index (χ3n) is 3.59. The van der Waals surface area contributed by atoms with Crippen molar-refractivity contribution in [1.82, 2.24) is 4.90 Å². The molecule has 1 fully saturated rings. The first-order valence-corrected chi connectivity index (χ1v) is 7.28. The second-order valence-electron chi connectivity index (χ2n) is 5.41. The lowest BCUT2D eigenvalue weighted by molar-refractivity contribution is -0.141. The number of ether oxygens (including phenoxy) is 1. The number of amides is 1. The molecule has 1 aromatic rings. The number of nitrogens with zero attached hydrogens (tertiary/aromatic N) is 1. The molecule has 0 radical (unpaired) electrons. The second kappa shape index (κ2) is 7.26. The molecule has 1 aliphatic heterocycles. The predicted molar refractivity (Wildman–Crippen MR) is 82.4 cm³/mol. The van der Waals surface area contributed by atoms with E-state index in [1.54, 1.807) is 4.90 Å². The Bertz CT molecular complexity index is 542. The van der Waals surface area contributed by atoms with Gasteiger partial charge in [-0.15, -0.1) is 0 Å². The number of carbonyl (C=O) groups is 1. The fourth-order valence-corrected chi connectivity index (χ4v) is 2.43. The Morgan fingerprint density at radius 3 is 2.67 bits per heavy atom. The Labute approximate surface area is 126 Å². The van der Waals surface area contributed by atoms with Gasteiger partial charge in [-0.25, -0.2) is 0 Å². The van der Waals surface area contributed by atoms with Crippen LogP contribution in [0.4, 0.5) is 0 Å². The van der Waals surface area contributed by atoms with E-state index in [4.69, 9.17) is 10.5 Å². The quantitative estimate of drug-likeness (QED) is 0.857. The minimum atomic E-state index is -0.278. The van der Waals surface area contributed by atoms with Crippen molar-refractivity contribution in [3.63, 3.8) is 0 Å². The van der Waals surface area contributed by atoms with Crippen LogP contribution in [0.2, 0.25) is 0 Å². The Morgan fingerprint density at radius 2 is 2.10 bits per heavy atom. The molecule has 2 N–H and O–H groups in total. The molecule has 0 saturated carbocycles. The van der Waals surface area contributed by atoms with Gasteiger partial charge in [0.15, 0.2) is 0 Å². The molecule has 21 heavy (non-hydrogen) atoms. The molecule has 0 aliphatic carbocycles. The summed E-state index contributed by atoms with van der Waals surface area (Å²) in [4.78, 5) is 14.0. The van der Waals surface area contributed by atoms with Crippen molar-refractivity contribution in [3.8, 4) is 11.8 Å². The van der Waals surface area contributed by atoms with E-state index < -0.39 is 0 Å². The second-order valence-corrected chi connectivity index (χ2v) is 5.41. The number of benzene rings is 1. The van der Waals surface area contributed by atoms with E-state index in [1.807, 2.05) is 38.2 Å². The van der Waals surface area contributed by atoms with E-state index in [1.165, 1.54) is 0 Å². The highest BCUT2D eigenvalue weighted by atomic mass is 16.5. The lowest BCUT2D eigenvalue weighted by Crippen LogP contribution is -2.35. The number of hydrogen-bond acceptors (Lipinski definition) is 3. The van der Waals surface area contributed by atoms with Crippen LogP contribution < -0.4 is 5.73 Å². The number of hydrogen-bond donors (Lipinski definition) is 1. The largest absolute Gasteiger partial charge is 0.365 e. The highest BCUT2D eigenvalue weighted by Crippen LogP contribution is 2.21. The molecule has 0 bridgehead atoms. The molecule has 2 atom stereocenters. The Balaban J connectivity index is 1.93. The van der Waals surface area contributed by atoms with Crippen molar-refractivity contribution in [2.45, 2.75) is 38.5 Å². The standard InChI is InChI=1S/C17H22N2O2/c1-13-5-10-16(21-13)17(20)19(2)12-15-8-6-14(7-9-15)4-3-11-18/h6-9,13,16H,5,10-12,18H2,1-2H3. The summed E-state index contributed by atoms with van der Waals surface area (Å²) in [6.07, 6.45) is 1.68. The SMILES string of the molecule is CC1CCC(C(=O)N(C)Cc2ccc(C#CCN)cc2)O1. The van der Waals surface area contributed by atoms with Gasteiger partial charge in [-0.2, -0.15) is 0 Å². The van der Waals surface area contributed by atoms with Gasteiger partial charge in [0.25, 0.3) is 5.91 Å². The average molecular weight is 286 g/mol. The normalized spacial score (nSPS) is 20.7. The monoisotopic (exact) mass is 286 g/mol. The third kappa shape index (κ3) is 4.32. The highest BCUT2D eigenvalue weighted by Gasteiger charge is 2.30. The van der Waals surface area contributed by atoms with Crippen LogP contribution in [0, 0.1) is 11.8 Å². The topological polar surface area (TPSA) is 55.6 Å². The Hall–Kier alpha value is -1.83. The number of likely N-dealkylation sites (N-methyl/N-ethyl adjacent to an activating group) is 1. The molecular formula is C17H22N2O2. The van der Waals surface area contributed by atoms with E-state index in [9.17, 15) is 4.79 Å². The zero-order valence-electron chi connectivity index (χ0n) is 12.6. The van der Waals surface area contributed by atoms with Crippen LogP contribution in [-0.4, -0.2) is 36.6 Å². The predicted octanol–water partition coefficient (Wildman–Crippen LogP) is 1.52. The molecule has 1 aromatic carbocycles. The van der Waals surface area contributed by atoms with Crippen LogP contribution in [0.5, 0.6) is 0 Å². The summed E-state index contributed by atoms with van der Waals surface area (Å²) < 4.78 is 5.62. The molecular weight excluding hydrogens is 264 g/mol. The third-order valence-corrected chi connectivity index (χ3v) is 3.59. The van der Waals surface area contributed by atoms with Crippen LogP contribution in [-0.2, 0) is 16.1 Å². The first-order chi connectivity index (χ1) is 10.1.